The van der Waals surface area contributed by atoms with Gasteiger partial charge in [0, 0.05) is 17.1 Å². The second-order valence-electron chi connectivity index (χ2n) is 6.64. The standard InChI is InChI=1S/C23H20ClN3O2/c1-29-19-12-6-16(7-13-19)15-27-21-5-3-2-4-20(21)26-22(27)14-25-23(28)17-8-10-18(24)11-9-17/h2-13H,14-15H2,1H3,(H,25,28). The van der Waals surface area contributed by atoms with E-state index in [2.05, 4.69) is 9.88 Å². The van der Waals surface area contributed by atoms with Crippen molar-refractivity contribution in [1.29, 1.82) is 0 Å². The summed E-state index contributed by atoms with van der Waals surface area (Å²) in [4.78, 5) is 17.2. The number of halogens is 1. The monoisotopic (exact) mass is 405 g/mol. The number of carbonyl (C=O) groups is 1. The Hall–Kier alpha value is -3.31. The van der Waals surface area contributed by atoms with Crippen molar-refractivity contribution in [1.82, 2.24) is 14.9 Å². The predicted octanol–water partition coefficient (Wildman–Crippen LogP) is 4.68. The summed E-state index contributed by atoms with van der Waals surface area (Å²) >= 11 is 5.90. The first-order chi connectivity index (χ1) is 14.1. The molecule has 29 heavy (non-hydrogen) atoms. The number of hydrogen-bond acceptors (Lipinski definition) is 3. The maximum Gasteiger partial charge on any atom is 0.251 e. The van der Waals surface area contributed by atoms with Crippen LogP contribution >= 0.6 is 11.6 Å². The second-order valence-corrected chi connectivity index (χ2v) is 7.08. The Morgan fingerprint density at radius 3 is 2.48 bits per heavy atom. The molecule has 4 rings (SSSR count). The number of carbonyl (C=O) groups excluding carboxylic acids is 1. The molecule has 146 valence electrons. The zero-order chi connectivity index (χ0) is 20.2. The number of hydrogen-bond donors (Lipinski definition) is 1. The predicted molar refractivity (Wildman–Crippen MR) is 114 cm³/mol. The number of nitrogens with one attached hydrogen (secondary N) is 1. The van der Waals surface area contributed by atoms with E-state index in [9.17, 15) is 4.79 Å². The van der Waals surface area contributed by atoms with E-state index in [0.29, 0.717) is 23.7 Å². The van der Waals surface area contributed by atoms with Gasteiger partial charge in [-0.05, 0) is 54.1 Å². The molecule has 5 nitrogen and oxygen atoms in total. The van der Waals surface area contributed by atoms with E-state index in [1.54, 1.807) is 31.4 Å². The van der Waals surface area contributed by atoms with Crippen LogP contribution in [0.4, 0.5) is 0 Å². The van der Waals surface area contributed by atoms with E-state index in [1.807, 2.05) is 48.5 Å². The highest BCUT2D eigenvalue weighted by atomic mass is 35.5. The molecule has 0 bridgehead atoms. The molecule has 0 saturated carbocycles. The average Bonchev–Trinajstić information content (AvgIpc) is 3.10. The lowest BCUT2D eigenvalue weighted by atomic mass is 10.2. The van der Waals surface area contributed by atoms with Gasteiger partial charge in [0.05, 0.1) is 24.7 Å². The topological polar surface area (TPSA) is 56.1 Å². The van der Waals surface area contributed by atoms with Crippen LogP contribution in [-0.2, 0) is 13.1 Å². The van der Waals surface area contributed by atoms with Gasteiger partial charge in [0.15, 0.2) is 0 Å². The van der Waals surface area contributed by atoms with Gasteiger partial charge in [-0.25, -0.2) is 4.98 Å². The molecular weight excluding hydrogens is 386 g/mol. The molecule has 0 fully saturated rings. The van der Waals surface area contributed by atoms with Crippen molar-refractivity contribution < 1.29 is 9.53 Å². The molecule has 1 N–H and O–H groups in total. The molecule has 0 saturated heterocycles. The van der Waals surface area contributed by atoms with Crippen LogP contribution in [-0.4, -0.2) is 22.6 Å². The lowest BCUT2D eigenvalue weighted by Gasteiger charge is -2.11. The maximum atomic E-state index is 12.5. The van der Waals surface area contributed by atoms with E-state index in [4.69, 9.17) is 21.3 Å². The second kappa shape index (κ2) is 8.37. The molecule has 0 atom stereocenters. The number of nitrogens with zero attached hydrogens (tertiary/aromatic N) is 2. The number of methoxy groups -OCH3 is 1. The first kappa shape index (κ1) is 19.0. The third-order valence-corrected chi connectivity index (χ3v) is 5.00. The van der Waals surface area contributed by atoms with Crippen LogP contribution in [0.15, 0.2) is 72.8 Å². The van der Waals surface area contributed by atoms with E-state index >= 15 is 0 Å². The van der Waals surface area contributed by atoms with Gasteiger partial charge in [-0.3, -0.25) is 4.79 Å². The van der Waals surface area contributed by atoms with Gasteiger partial charge in [-0.1, -0.05) is 35.9 Å². The summed E-state index contributed by atoms with van der Waals surface area (Å²) in [7, 11) is 1.65. The van der Waals surface area contributed by atoms with Crippen LogP contribution in [0.5, 0.6) is 5.75 Å². The molecule has 1 amide bonds. The van der Waals surface area contributed by atoms with Crippen molar-refractivity contribution in [2.24, 2.45) is 0 Å². The number of fused-ring (bicyclic) bond motifs is 1. The van der Waals surface area contributed by atoms with Crippen LogP contribution in [0.3, 0.4) is 0 Å². The molecule has 0 aliphatic rings. The molecule has 0 aliphatic carbocycles. The zero-order valence-electron chi connectivity index (χ0n) is 15.9. The molecule has 1 heterocycles. The summed E-state index contributed by atoms with van der Waals surface area (Å²) in [6, 6.07) is 22.7. The third kappa shape index (κ3) is 4.25. The Morgan fingerprint density at radius 2 is 1.76 bits per heavy atom. The highest BCUT2D eigenvalue weighted by Crippen LogP contribution is 2.20. The van der Waals surface area contributed by atoms with Crippen molar-refractivity contribution in [3.8, 4) is 5.75 Å². The minimum absolute atomic E-state index is 0.162. The molecule has 4 aromatic rings. The van der Waals surface area contributed by atoms with Crippen molar-refractivity contribution in [2.45, 2.75) is 13.1 Å². The van der Waals surface area contributed by atoms with Gasteiger partial charge < -0.3 is 14.6 Å². The smallest absolute Gasteiger partial charge is 0.251 e. The van der Waals surface area contributed by atoms with E-state index in [0.717, 1.165) is 28.2 Å². The van der Waals surface area contributed by atoms with E-state index < -0.39 is 0 Å². The SMILES string of the molecule is COc1ccc(Cn2c(CNC(=O)c3ccc(Cl)cc3)nc3ccccc32)cc1. The van der Waals surface area contributed by atoms with Crippen LogP contribution in [0.1, 0.15) is 21.7 Å². The highest BCUT2D eigenvalue weighted by molar-refractivity contribution is 6.30. The van der Waals surface area contributed by atoms with Gasteiger partial charge in [0.25, 0.3) is 5.91 Å². The quantitative estimate of drug-likeness (QED) is 0.507. The average molecular weight is 406 g/mol. The summed E-state index contributed by atoms with van der Waals surface area (Å²) in [5.41, 5.74) is 3.61. The Balaban J connectivity index is 1.58. The minimum Gasteiger partial charge on any atom is -0.497 e. The Kier molecular flexibility index (Phi) is 5.49. The van der Waals surface area contributed by atoms with Gasteiger partial charge in [-0.15, -0.1) is 0 Å². The summed E-state index contributed by atoms with van der Waals surface area (Å²) in [5.74, 6) is 1.45. The molecule has 1 aromatic heterocycles. The number of imidazole rings is 1. The van der Waals surface area contributed by atoms with E-state index in [-0.39, 0.29) is 5.91 Å². The number of rotatable bonds is 6. The summed E-state index contributed by atoms with van der Waals surface area (Å²) < 4.78 is 7.36. The molecule has 0 aliphatic heterocycles. The molecule has 0 radical (unpaired) electrons. The Morgan fingerprint density at radius 1 is 1.03 bits per heavy atom. The molecule has 0 spiro atoms. The van der Waals surface area contributed by atoms with Crippen molar-refractivity contribution in [3.63, 3.8) is 0 Å². The largest absolute Gasteiger partial charge is 0.497 e. The molecular formula is C23H20ClN3O2. The first-order valence-electron chi connectivity index (χ1n) is 9.25. The van der Waals surface area contributed by atoms with Gasteiger partial charge in [0.1, 0.15) is 11.6 Å². The fourth-order valence-corrected chi connectivity index (χ4v) is 3.34. The fraction of sp³-hybridized carbons (Fsp3) is 0.130. The highest BCUT2D eigenvalue weighted by Gasteiger charge is 2.13. The van der Waals surface area contributed by atoms with Crippen LogP contribution in [0, 0.1) is 0 Å². The lowest BCUT2D eigenvalue weighted by molar-refractivity contribution is 0.0949. The third-order valence-electron chi connectivity index (χ3n) is 4.75. The van der Waals surface area contributed by atoms with Crippen molar-refractivity contribution >= 4 is 28.5 Å². The molecule has 6 heteroatoms. The minimum atomic E-state index is -0.162. The van der Waals surface area contributed by atoms with Crippen molar-refractivity contribution in [3.05, 3.63) is 94.8 Å². The number of amides is 1. The zero-order valence-corrected chi connectivity index (χ0v) is 16.7. The molecule has 0 unspecified atom stereocenters. The number of para-hydroxylation sites is 2. The number of ether oxygens (including phenoxy) is 1. The Labute approximate surface area is 173 Å². The summed E-state index contributed by atoms with van der Waals surface area (Å²) in [5, 5.41) is 3.55. The van der Waals surface area contributed by atoms with Crippen molar-refractivity contribution in [2.75, 3.05) is 7.11 Å². The van der Waals surface area contributed by atoms with Gasteiger partial charge in [-0.2, -0.15) is 0 Å². The number of aromatic nitrogens is 2. The molecule has 3 aromatic carbocycles. The first-order valence-corrected chi connectivity index (χ1v) is 9.62. The summed E-state index contributed by atoms with van der Waals surface area (Å²) in [6.45, 7) is 0.975. The Bertz CT molecular complexity index is 1140. The number of benzene rings is 3. The normalized spacial score (nSPS) is 10.8. The van der Waals surface area contributed by atoms with Gasteiger partial charge >= 0.3 is 0 Å². The lowest BCUT2D eigenvalue weighted by Crippen LogP contribution is -2.24. The van der Waals surface area contributed by atoms with Gasteiger partial charge in [0.2, 0.25) is 0 Å². The fourth-order valence-electron chi connectivity index (χ4n) is 3.21. The summed E-state index contributed by atoms with van der Waals surface area (Å²) in [6.07, 6.45) is 0. The maximum absolute atomic E-state index is 12.5. The van der Waals surface area contributed by atoms with Crippen LogP contribution in [0.25, 0.3) is 11.0 Å². The van der Waals surface area contributed by atoms with Crippen LogP contribution < -0.4 is 10.1 Å². The van der Waals surface area contributed by atoms with E-state index in [1.165, 1.54) is 0 Å². The van der Waals surface area contributed by atoms with Crippen LogP contribution in [0.2, 0.25) is 5.02 Å².